The van der Waals surface area contributed by atoms with Crippen molar-refractivity contribution in [1.82, 2.24) is 14.1 Å². The topological polar surface area (TPSA) is 56.9 Å². The van der Waals surface area contributed by atoms with Gasteiger partial charge in [0.2, 0.25) is 0 Å². The van der Waals surface area contributed by atoms with Crippen molar-refractivity contribution in [2.24, 2.45) is 0 Å². The number of aromatic nitrogens is 3. The van der Waals surface area contributed by atoms with E-state index in [0.29, 0.717) is 11.1 Å². The molecule has 0 saturated heterocycles. The van der Waals surface area contributed by atoms with Crippen molar-refractivity contribution in [3.05, 3.63) is 110 Å². The number of aryl methyl sites for hydroxylation is 1. The molecule has 0 spiro atoms. The van der Waals surface area contributed by atoms with Crippen LogP contribution in [0.2, 0.25) is 0 Å². The summed E-state index contributed by atoms with van der Waals surface area (Å²) in [6.07, 6.45) is -2.97. The summed E-state index contributed by atoms with van der Waals surface area (Å²) in [4.78, 5) is 30.3. The molecule has 0 unspecified atom stereocenters. The fourth-order valence-electron chi connectivity index (χ4n) is 3.39. The van der Waals surface area contributed by atoms with E-state index in [1.807, 2.05) is 31.2 Å². The minimum Gasteiger partial charge on any atom is -0.287 e. The van der Waals surface area contributed by atoms with Crippen molar-refractivity contribution >= 4 is 11.0 Å². The first-order valence-electron chi connectivity index (χ1n) is 9.54. The summed E-state index contributed by atoms with van der Waals surface area (Å²) < 4.78 is 41.0. The molecule has 2 aromatic carbocycles. The van der Waals surface area contributed by atoms with Crippen LogP contribution in [0.1, 0.15) is 22.3 Å². The normalized spacial score (nSPS) is 11.7. The van der Waals surface area contributed by atoms with Gasteiger partial charge < -0.3 is 0 Å². The van der Waals surface area contributed by atoms with Gasteiger partial charge in [-0.15, -0.1) is 0 Å². The van der Waals surface area contributed by atoms with Crippen LogP contribution in [0.15, 0.2) is 76.4 Å². The highest BCUT2D eigenvalue weighted by molar-refractivity contribution is 5.73. The Balaban J connectivity index is 1.81. The van der Waals surface area contributed by atoms with Gasteiger partial charge in [-0.3, -0.25) is 13.9 Å². The summed E-state index contributed by atoms with van der Waals surface area (Å²) in [5, 5.41) is 0. The highest BCUT2D eigenvalue weighted by Gasteiger charge is 2.30. The molecule has 2 aromatic heterocycles. The number of nitrogens with zero attached hydrogens (tertiary/aromatic N) is 3. The summed E-state index contributed by atoms with van der Waals surface area (Å²) in [7, 11) is 0. The number of fused-ring (bicyclic) bond motifs is 1. The highest BCUT2D eigenvalue weighted by atomic mass is 19.4. The first kappa shape index (κ1) is 20.6. The number of hydrogen-bond acceptors (Lipinski definition) is 3. The lowest BCUT2D eigenvalue weighted by Gasteiger charge is -2.14. The maximum Gasteiger partial charge on any atom is 0.416 e. The second-order valence-electron chi connectivity index (χ2n) is 7.31. The van der Waals surface area contributed by atoms with Crippen molar-refractivity contribution in [2.75, 3.05) is 0 Å². The van der Waals surface area contributed by atoms with Gasteiger partial charge in [0.15, 0.2) is 5.52 Å². The second-order valence-corrected chi connectivity index (χ2v) is 7.31. The standard InChI is InChI=1S/C23H18F3N3O2/c1-15-4-6-16(7-5-15)14-29-21(30)20-19(3-2-12-27-20)28(22(29)31)13-17-8-10-18(11-9-17)23(24,25)26/h2-12H,13-14H2,1H3. The van der Waals surface area contributed by atoms with Crippen molar-refractivity contribution < 1.29 is 13.2 Å². The molecule has 31 heavy (non-hydrogen) atoms. The Bertz CT molecular complexity index is 1350. The van der Waals surface area contributed by atoms with Crippen LogP contribution >= 0.6 is 0 Å². The quantitative estimate of drug-likeness (QED) is 0.497. The van der Waals surface area contributed by atoms with Crippen LogP contribution in [0, 0.1) is 6.92 Å². The first-order valence-corrected chi connectivity index (χ1v) is 9.54. The van der Waals surface area contributed by atoms with Crippen LogP contribution in [0.25, 0.3) is 11.0 Å². The zero-order valence-corrected chi connectivity index (χ0v) is 16.6. The molecule has 4 rings (SSSR count). The first-order chi connectivity index (χ1) is 14.7. The molecule has 0 fully saturated rings. The monoisotopic (exact) mass is 425 g/mol. The summed E-state index contributed by atoms with van der Waals surface area (Å²) in [5.41, 5.74) is 0.965. The number of pyridine rings is 1. The molecule has 0 aliphatic rings. The van der Waals surface area contributed by atoms with Crippen LogP contribution in [0.3, 0.4) is 0 Å². The van der Waals surface area contributed by atoms with Crippen molar-refractivity contribution in [3.63, 3.8) is 0 Å². The maximum atomic E-state index is 13.2. The summed E-state index contributed by atoms with van der Waals surface area (Å²) in [6.45, 7) is 2.01. The molecule has 0 bridgehead atoms. The minimum atomic E-state index is -4.44. The SMILES string of the molecule is Cc1ccc(Cn2c(=O)c3ncccc3n(Cc3ccc(C(F)(F)F)cc3)c2=O)cc1. The largest absolute Gasteiger partial charge is 0.416 e. The van der Waals surface area contributed by atoms with Gasteiger partial charge in [0.1, 0.15) is 0 Å². The number of benzene rings is 2. The van der Waals surface area contributed by atoms with E-state index < -0.39 is 23.0 Å². The van der Waals surface area contributed by atoms with E-state index in [9.17, 15) is 22.8 Å². The van der Waals surface area contributed by atoms with Crippen molar-refractivity contribution in [3.8, 4) is 0 Å². The molecule has 0 atom stereocenters. The van der Waals surface area contributed by atoms with E-state index in [1.165, 1.54) is 22.9 Å². The number of alkyl halides is 3. The average Bonchev–Trinajstić information content (AvgIpc) is 2.75. The molecular weight excluding hydrogens is 407 g/mol. The predicted molar refractivity (Wildman–Crippen MR) is 111 cm³/mol. The van der Waals surface area contributed by atoms with Crippen LogP contribution in [-0.2, 0) is 19.3 Å². The third-order valence-electron chi connectivity index (χ3n) is 5.07. The lowest BCUT2D eigenvalue weighted by Crippen LogP contribution is -2.40. The van der Waals surface area contributed by atoms with Crippen LogP contribution in [0.5, 0.6) is 0 Å². The number of hydrogen-bond donors (Lipinski definition) is 0. The summed E-state index contributed by atoms with van der Waals surface area (Å²) in [5.74, 6) is 0. The van der Waals surface area contributed by atoms with Crippen molar-refractivity contribution in [2.45, 2.75) is 26.2 Å². The molecule has 0 amide bonds. The third kappa shape index (κ3) is 4.14. The second kappa shape index (κ2) is 7.86. The fraction of sp³-hybridized carbons (Fsp3) is 0.174. The van der Waals surface area contributed by atoms with Crippen LogP contribution < -0.4 is 11.2 Å². The van der Waals surface area contributed by atoms with Gasteiger partial charge in [-0.1, -0.05) is 42.0 Å². The molecule has 4 aromatic rings. The minimum absolute atomic E-state index is 0.00728. The molecule has 0 radical (unpaired) electrons. The molecule has 0 saturated carbocycles. The lowest BCUT2D eigenvalue weighted by atomic mass is 10.1. The van der Waals surface area contributed by atoms with Gasteiger partial charge in [0.25, 0.3) is 5.56 Å². The van der Waals surface area contributed by atoms with E-state index in [2.05, 4.69) is 4.98 Å². The van der Waals surface area contributed by atoms with Gasteiger partial charge in [-0.2, -0.15) is 13.2 Å². The Kier molecular flexibility index (Phi) is 5.22. The zero-order valence-electron chi connectivity index (χ0n) is 16.6. The van der Waals surface area contributed by atoms with Crippen LogP contribution in [-0.4, -0.2) is 14.1 Å². The van der Waals surface area contributed by atoms with Gasteiger partial charge in [-0.05, 0) is 42.3 Å². The average molecular weight is 425 g/mol. The van der Waals surface area contributed by atoms with E-state index in [4.69, 9.17) is 0 Å². The van der Waals surface area contributed by atoms with Gasteiger partial charge >= 0.3 is 11.9 Å². The molecule has 0 N–H and O–H groups in total. The Labute approximate surface area is 175 Å². The summed E-state index contributed by atoms with van der Waals surface area (Å²) in [6, 6.07) is 15.3. The van der Waals surface area contributed by atoms with E-state index in [-0.39, 0.29) is 18.6 Å². The molecule has 158 valence electrons. The lowest BCUT2D eigenvalue weighted by molar-refractivity contribution is -0.137. The van der Waals surface area contributed by atoms with E-state index >= 15 is 0 Å². The van der Waals surface area contributed by atoms with Crippen LogP contribution in [0.4, 0.5) is 13.2 Å². The molecule has 0 aliphatic heterocycles. The Morgan fingerprint density at radius 1 is 0.839 bits per heavy atom. The molecule has 8 heteroatoms. The Morgan fingerprint density at radius 3 is 2.03 bits per heavy atom. The predicted octanol–water partition coefficient (Wildman–Crippen LogP) is 3.98. The molecular formula is C23H18F3N3O2. The zero-order chi connectivity index (χ0) is 22.2. The number of halogens is 3. The van der Waals surface area contributed by atoms with Gasteiger partial charge in [-0.25, -0.2) is 9.78 Å². The highest BCUT2D eigenvalue weighted by Crippen LogP contribution is 2.29. The molecule has 2 heterocycles. The third-order valence-corrected chi connectivity index (χ3v) is 5.07. The van der Waals surface area contributed by atoms with E-state index in [0.717, 1.165) is 27.8 Å². The molecule has 5 nitrogen and oxygen atoms in total. The summed E-state index contributed by atoms with van der Waals surface area (Å²) >= 11 is 0. The Hall–Kier alpha value is -3.68. The smallest absolute Gasteiger partial charge is 0.287 e. The van der Waals surface area contributed by atoms with Gasteiger partial charge in [0, 0.05) is 6.20 Å². The Morgan fingerprint density at radius 2 is 1.42 bits per heavy atom. The maximum absolute atomic E-state index is 13.2. The van der Waals surface area contributed by atoms with Crippen molar-refractivity contribution in [1.29, 1.82) is 0 Å². The van der Waals surface area contributed by atoms with Gasteiger partial charge in [0.05, 0.1) is 24.2 Å². The number of rotatable bonds is 4. The molecule has 0 aliphatic carbocycles. The fourth-order valence-corrected chi connectivity index (χ4v) is 3.39. The van der Waals surface area contributed by atoms with E-state index in [1.54, 1.807) is 12.1 Å².